The minimum Gasteiger partial charge on any atom is -0.508 e. The van der Waals surface area contributed by atoms with Crippen molar-refractivity contribution in [2.75, 3.05) is 6.54 Å². The first-order valence-electron chi connectivity index (χ1n) is 7.26. The van der Waals surface area contributed by atoms with Crippen molar-refractivity contribution in [3.63, 3.8) is 0 Å². The number of phenolic OH excluding ortho intramolecular Hbond substituents is 1. The number of Topliss-reactive ketones (excluding diaryl/α,β-unsaturated/α-hetero) is 1. The molecule has 6 heteroatoms. The van der Waals surface area contributed by atoms with Crippen molar-refractivity contribution >= 4 is 11.7 Å². The number of aromatic hydroxyl groups is 1. The topological polar surface area (TPSA) is 91.0 Å². The summed E-state index contributed by atoms with van der Waals surface area (Å²) in [6, 6.07) is 8.38. The molecular formula is C18H15NO5. The molecule has 1 aromatic heterocycles. The molecule has 0 radical (unpaired) electrons. The molecule has 0 aliphatic carbocycles. The molecule has 0 fully saturated rings. The second-order valence-electron chi connectivity index (χ2n) is 5.31. The molecule has 0 saturated carbocycles. The zero-order valence-electron chi connectivity index (χ0n) is 12.7. The van der Waals surface area contributed by atoms with Crippen LogP contribution in [0.2, 0.25) is 0 Å². The van der Waals surface area contributed by atoms with Gasteiger partial charge >= 0.3 is 0 Å². The molecule has 0 saturated heterocycles. The van der Waals surface area contributed by atoms with E-state index >= 15 is 0 Å². The van der Waals surface area contributed by atoms with Gasteiger partial charge in [-0.2, -0.15) is 0 Å². The van der Waals surface area contributed by atoms with Crippen LogP contribution in [0, 0.1) is 0 Å². The van der Waals surface area contributed by atoms with Gasteiger partial charge in [0.2, 0.25) is 5.78 Å². The number of ketones is 1. The molecule has 3 rings (SSSR count). The predicted octanol–water partition coefficient (Wildman–Crippen LogP) is 2.75. The number of carbonyl (C=O) groups is 2. The highest BCUT2D eigenvalue weighted by molar-refractivity contribution is 6.15. The number of benzene rings is 1. The van der Waals surface area contributed by atoms with E-state index in [4.69, 9.17) is 4.42 Å². The lowest BCUT2D eigenvalue weighted by molar-refractivity contribution is -0.128. The lowest BCUT2D eigenvalue weighted by atomic mass is 9.95. The lowest BCUT2D eigenvalue weighted by Gasteiger charge is -2.25. The van der Waals surface area contributed by atoms with Gasteiger partial charge < -0.3 is 19.5 Å². The number of amides is 1. The van der Waals surface area contributed by atoms with Crippen molar-refractivity contribution < 1.29 is 24.2 Å². The molecule has 6 nitrogen and oxygen atoms in total. The van der Waals surface area contributed by atoms with Crippen LogP contribution < -0.4 is 0 Å². The highest BCUT2D eigenvalue weighted by atomic mass is 16.3. The SMILES string of the molecule is C=CCN1C(=O)C(O)=C(C(=O)c2ccco2)C1c1cccc(O)c1. The molecular weight excluding hydrogens is 310 g/mol. The molecule has 0 spiro atoms. The molecule has 1 aliphatic rings. The summed E-state index contributed by atoms with van der Waals surface area (Å²) in [4.78, 5) is 26.4. The molecule has 1 atom stereocenters. The standard InChI is InChI=1S/C18H15NO5/c1-2-8-19-15(11-5-3-6-12(20)10-11)14(17(22)18(19)23)16(21)13-7-4-9-24-13/h2-7,9-10,15,20,22H,1,8H2. The van der Waals surface area contributed by atoms with Crippen LogP contribution in [0.4, 0.5) is 0 Å². The molecule has 2 aromatic rings. The van der Waals surface area contributed by atoms with Crippen LogP contribution in [0.5, 0.6) is 5.75 Å². The summed E-state index contributed by atoms with van der Waals surface area (Å²) in [6.07, 6.45) is 2.84. The highest BCUT2D eigenvalue weighted by Gasteiger charge is 2.43. The molecule has 1 amide bonds. The Kier molecular flexibility index (Phi) is 3.95. The van der Waals surface area contributed by atoms with Crippen LogP contribution in [0.1, 0.15) is 22.2 Å². The van der Waals surface area contributed by atoms with Gasteiger partial charge in [0.15, 0.2) is 11.5 Å². The van der Waals surface area contributed by atoms with Crippen LogP contribution in [0.15, 0.2) is 71.1 Å². The second kappa shape index (κ2) is 6.08. The quantitative estimate of drug-likeness (QED) is 0.651. The molecule has 1 aromatic carbocycles. The van der Waals surface area contributed by atoms with Crippen molar-refractivity contribution in [3.8, 4) is 5.75 Å². The summed E-state index contributed by atoms with van der Waals surface area (Å²) in [6.45, 7) is 3.74. The Morgan fingerprint density at radius 3 is 2.71 bits per heavy atom. The molecule has 122 valence electrons. The number of aliphatic hydroxyl groups excluding tert-OH is 1. The maximum atomic E-state index is 12.7. The normalized spacial score (nSPS) is 17.4. The van der Waals surface area contributed by atoms with Gasteiger partial charge in [-0.05, 0) is 29.8 Å². The lowest BCUT2D eigenvalue weighted by Crippen LogP contribution is -2.31. The Morgan fingerprint density at radius 2 is 2.08 bits per heavy atom. The Labute approximate surface area is 137 Å². The van der Waals surface area contributed by atoms with Crippen LogP contribution >= 0.6 is 0 Å². The highest BCUT2D eigenvalue weighted by Crippen LogP contribution is 2.39. The van der Waals surface area contributed by atoms with E-state index in [2.05, 4.69) is 6.58 Å². The first-order chi connectivity index (χ1) is 11.5. The number of carbonyl (C=O) groups excluding carboxylic acids is 2. The van der Waals surface area contributed by atoms with Crippen LogP contribution in [0.3, 0.4) is 0 Å². The maximum Gasteiger partial charge on any atom is 0.290 e. The summed E-state index contributed by atoms with van der Waals surface area (Å²) >= 11 is 0. The van der Waals surface area contributed by atoms with E-state index in [1.54, 1.807) is 18.2 Å². The average molecular weight is 325 g/mol. The molecule has 1 unspecified atom stereocenters. The van der Waals surface area contributed by atoms with Crippen LogP contribution in [-0.2, 0) is 4.79 Å². The zero-order chi connectivity index (χ0) is 17.3. The molecule has 24 heavy (non-hydrogen) atoms. The molecule has 1 aliphatic heterocycles. The number of nitrogens with zero attached hydrogens (tertiary/aromatic N) is 1. The van der Waals surface area contributed by atoms with Crippen LogP contribution in [0.25, 0.3) is 0 Å². The Balaban J connectivity index is 2.13. The van der Waals surface area contributed by atoms with Crippen molar-refractivity contribution in [3.05, 3.63) is 78.0 Å². The first kappa shape index (κ1) is 15.6. The monoisotopic (exact) mass is 325 g/mol. The third-order valence-corrected chi connectivity index (χ3v) is 3.81. The van der Waals surface area contributed by atoms with Gasteiger partial charge in [0.25, 0.3) is 5.91 Å². The van der Waals surface area contributed by atoms with E-state index in [0.29, 0.717) is 5.56 Å². The van der Waals surface area contributed by atoms with Gasteiger partial charge in [0, 0.05) is 6.54 Å². The van der Waals surface area contributed by atoms with Gasteiger partial charge in [0.1, 0.15) is 5.75 Å². The summed E-state index contributed by atoms with van der Waals surface area (Å²) < 4.78 is 5.10. The van der Waals surface area contributed by atoms with Gasteiger partial charge in [-0.1, -0.05) is 18.2 Å². The summed E-state index contributed by atoms with van der Waals surface area (Å²) in [7, 11) is 0. The molecule has 2 N–H and O–H groups in total. The molecule has 0 bridgehead atoms. The number of hydrogen-bond acceptors (Lipinski definition) is 5. The van der Waals surface area contributed by atoms with E-state index in [9.17, 15) is 19.8 Å². The first-order valence-corrected chi connectivity index (χ1v) is 7.26. The zero-order valence-corrected chi connectivity index (χ0v) is 12.7. The number of furan rings is 1. The van der Waals surface area contributed by atoms with E-state index in [1.165, 1.54) is 35.4 Å². The number of phenols is 1. The van der Waals surface area contributed by atoms with Crippen molar-refractivity contribution in [1.29, 1.82) is 0 Å². The third kappa shape index (κ3) is 2.48. The van der Waals surface area contributed by atoms with Crippen LogP contribution in [-0.4, -0.2) is 33.3 Å². The number of rotatable bonds is 5. The Hall–Kier alpha value is -3.28. The number of aliphatic hydroxyl groups is 1. The van der Waals surface area contributed by atoms with Gasteiger partial charge in [0.05, 0.1) is 17.9 Å². The fourth-order valence-electron chi connectivity index (χ4n) is 2.79. The smallest absolute Gasteiger partial charge is 0.290 e. The minimum atomic E-state index is -0.833. The summed E-state index contributed by atoms with van der Waals surface area (Å²) in [5, 5.41) is 20.0. The van der Waals surface area contributed by atoms with Gasteiger partial charge in [-0.15, -0.1) is 6.58 Å². The third-order valence-electron chi connectivity index (χ3n) is 3.81. The van der Waals surface area contributed by atoms with Crippen molar-refractivity contribution in [2.24, 2.45) is 0 Å². The largest absolute Gasteiger partial charge is 0.508 e. The van der Waals surface area contributed by atoms with E-state index < -0.39 is 23.5 Å². The summed E-state index contributed by atoms with van der Waals surface area (Å²) in [5.74, 6) is -1.85. The van der Waals surface area contributed by atoms with E-state index in [0.717, 1.165) is 0 Å². The Bertz CT molecular complexity index is 835. The van der Waals surface area contributed by atoms with Gasteiger partial charge in [-0.25, -0.2) is 0 Å². The van der Waals surface area contributed by atoms with E-state index in [-0.39, 0.29) is 23.6 Å². The molecule has 2 heterocycles. The van der Waals surface area contributed by atoms with Crippen molar-refractivity contribution in [2.45, 2.75) is 6.04 Å². The average Bonchev–Trinajstić information content (AvgIpc) is 3.17. The van der Waals surface area contributed by atoms with Gasteiger partial charge in [-0.3, -0.25) is 9.59 Å². The fourth-order valence-corrected chi connectivity index (χ4v) is 2.79. The summed E-state index contributed by atoms with van der Waals surface area (Å²) in [5.41, 5.74) is 0.423. The van der Waals surface area contributed by atoms with Crippen molar-refractivity contribution in [1.82, 2.24) is 4.90 Å². The second-order valence-corrected chi connectivity index (χ2v) is 5.31. The Morgan fingerprint density at radius 1 is 1.29 bits per heavy atom. The maximum absolute atomic E-state index is 12.7. The van der Waals surface area contributed by atoms with E-state index in [1.807, 2.05) is 0 Å². The fraction of sp³-hybridized carbons (Fsp3) is 0.111. The predicted molar refractivity (Wildman–Crippen MR) is 85.5 cm³/mol. The number of hydrogen-bond donors (Lipinski definition) is 2. The minimum absolute atomic E-state index is 0.00492.